The number of furan rings is 1. The zero-order valence-electron chi connectivity index (χ0n) is 10.2. The van der Waals surface area contributed by atoms with Crippen molar-refractivity contribution in [3.8, 4) is 0 Å². The standard InChI is InChI=1S/C13H12N2O4/c1-8(11-3-2-6-19-11)15-12(16)9-4-5-14-7-10(9)13(17)18/h2-8H,1H3,(H,15,16)(H,17,18). The van der Waals surface area contributed by atoms with Gasteiger partial charge in [-0.1, -0.05) is 0 Å². The highest BCUT2D eigenvalue weighted by atomic mass is 16.4. The van der Waals surface area contributed by atoms with Crippen LogP contribution in [0.2, 0.25) is 0 Å². The first-order chi connectivity index (χ1) is 9.09. The Morgan fingerprint density at radius 2 is 2.16 bits per heavy atom. The van der Waals surface area contributed by atoms with Crippen molar-refractivity contribution in [3.05, 3.63) is 53.7 Å². The highest BCUT2D eigenvalue weighted by Gasteiger charge is 2.19. The molecule has 1 unspecified atom stereocenters. The van der Waals surface area contributed by atoms with Gasteiger partial charge in [0.25, 0.3) is 5.91 Å². The maximum Gasteiger partial charge on any atom is 0.338 e. The van der Waals surface area contributed by atoms with Crippen LogP contribution in [0.3, 0.4) is 0 Å². The van der Waals surface area contributed by atoms with Crippen LogP contribution in [0.15, 0.2) is 41.3 Å². The van der Waals surface area contributed by atoms with Crippen molar-refractivity contribution in [2.75, 3.05) is 0 Å². The lowest BCUT2D eigenvalue weighted by Crippen LogP contribution is -2.28. The normalized spacial score (nSPS) is 11.8. The van der Waals surface area contributed by atoms with Crippen LogP contribution >= 0.6 is 0 Å². The minimum Gasteiger partial charge on any atom is -0.478 e. The molecule has 6 heteroatoms. The average Bonchev–Trinajstić information content (AvgIpc) is 2.92. The van der Waals surface area contributed by atoms with Crippen molar-refractivity contribution in [3.63, 3.8) is 0 Å². The summed E-state index contributed by atoms with van der Waals surface area (Å²) >= 11 is 0. The van der Waals surface area contributed by atoms with Crippen molar-refractivity contribution < 1.29 is 19.1 Å². The van der Waals surface area contributed by atoms with Crippen molar-refractivity contribution in [2.45, 2.75) is 13.0 Å². The van der Waals surface area contributed by atoms with Gasteiger partial charge in [-0.25, -0.2) is 4.79 Å². The molecule has 98 valence electrons. The number of aromatic nitrogens is 1. The van der Waals surface area contributed by atoms with Gasteiger partial charge >= 0.3 is 5.97 Å². The largest absolute Gasteiger partial charge is 0.478 e. The number of nitrogens with one attached hydrogen (secondary N) is 1. The van der Waals surface area contributed by atoms with Crippen LogP contribution in [0, 0.1) is 0 Å². The predicted molar refractivity (Wildman–Crippen MR) is 65.8 cm³/mol. The van der Waals surface area contributed by atoms with Crippen LogP contribution in [0.25, 0.3) is 0 Å². The Hall–Kier alpha value is -2.63. The zero-order valence-corrected chi connectivity index (χ0v) is 10.2. The van der Waals surface area contributed by atoms with Gasteiger partial charge in [-0.05, 0) is 25.1 Å². The average molecular weight is 260 g/mol. The van der Waals surface area contributed by atoms with E-state index >= 15 is 0 Å². The fraction of sp³-hybridized carbons (Fsp3) is 0.154. The summed E-state index contributed by atoms with van der Waals surface area (Å²) < 4.78 is 5.17. The summed E-state index contributed by atoms with van der Waals surface area (Å²) in [6.45, 7) is 1.75. The van der Waals surface area contributed by atoms with Crippen LogP contribution in [0.5, 0.6) is 0 Å². The van der Waals surface area contributed by atoms with E-state index in [0.717, 1.165) is 6.20 Å². The van der Waals surface area contributed by atoms with Gasteiger partial charge in [0.15, 0.2) is 0 Å². The third-order valence-corrected chi connectivity index (χ3v) is 2.61. The summed E-state index contributed by atoms with van der Waals surface area (Å²) in [6.07, 6.45) is 4.03. The summed E-state index contributed by atoms with van der Waals surface area (Å²) in [4.78, 5) is 26.7. The third-order valence-electron chi connectivity index (χ3n) is 2.61. The zero-order chi connectivity index (χ0) is 13.8. The van der Waals surface area contributed by atoms with E-state index in [9.17, 15) is 9.59 Å². The molecule has 0 aliphatic heterocycles. The third kappa shape index (κ3) is 2.79. The van der Waals surface area contributed by atoms with Gasteiger partial charge in [-0.15, -0.1) is 0 Å². The lowest BCUT2D eigenvalue weighted by atomic mass is 10.1. The summed E-state index contributed by atoms with van der Waals surface area (Å²) in [7, 11) is 0. The summed E-state index contributed by atoms with van der Waals surface area (Å²) in [5, 5.41) is 11.7. The fourth-order valence-electron chi connectivity index (χ4n) is 1.65. The number of hydrogen-bond donors (Lipinski definition) is 2. The first-order valence-corrected chi connectivity index (χ1v) is 5.61. The number of carbonyl (C=O) groups is 2. The van der Waals surface area contributed by atoms with Gasteiger partial charge in [0, 0.05) is 12.4 Å². The first-order valence-electron chi connectivity index (χ1n) is 5.61. The van der Waals surface area contributed by atoms with E-state index in [-0.39, 0.29) is 17.2 Å². The lowest BCUT2D eigenvalue weighted by Gasteiger charge is -2.12. The number of nitrogens with zero attached hydrogens (tertiary/aromatic N) is 1. The van der Waals surface area contributed by atoms with Gasteiger partial charge < -0.3 is 14.8 Å². The van der Waals surface area contributed by atoms with Crippen LogP contribution in [0.4, 0.5) is 0 Å². The molecular weight excluding hydrogens is 248 g/mol. The number of carboxylic acid groups (broad SMARTS) is 1. The Kier molecular flexibility index (Phi) is 3.61. The lowest BCUT2D eigenvalue weighted by molar-refractivity contribution is 0.0690. The fourth-order valence-corrected chi connectivity index (χ4v) is 1.65. The first kappa shape index (κ1) is 12.8. The topological polar surface area (TPSA) is 92.4 Å². The van der Waals surface area contributed by atoms with E-state index in [1.807, 2.05) is 0 Å². The van der Waals surface area contributed by atoms with E-state index in [4.69, 9.17) is 9.52 Å². The van der Waals surface area contributed by atoms with Gasteiger partial charge in [-0.3, -0.25) is 9.78 Å². The quantitative estimate of drug-likeness (QED) is 0.875. The molecule has 2 aromatic heterocycles. The van der Waals surface area contributed by atoms with E-state index in [1.165, 1.54) is 18.5 Å². The Bertz CT molecular complexity index is 592. The van der Waals surface area contributed by atoms with E-state index in [1.54, 1.807) is 19.1 Å². The van der Waals surface area contributed by atoms with E-state index in [0.29, 0.717) is 5.76 Å². The highest BCUT2D eigenvalue weighted by molar-refractivity contribution is 6.04. The van der Waals surface area contributed by atoms with Gasteiger partial charge in [0.1, 0.15) is 5.76 Å². The Balaban J connectivity index is 2.19. The van der Waals surface area contributed by atoms with E-state index < -0.39 is 11.9 Å². The van der Waals surface area contributed by atoms with Gasteiger partial charge in [0.05, 0.1) is 23.4 Å². The molecule has 2 N–H and O–H groups in total. The molecule has 19 heavy (non-hydrogen) atoms. The number of carboxylic acids is 1. The highest BCUT2D eigenvalue weighted by Crippen LogP contribution is 2.14. The Labute approximate surface area is 109 Å². The number of carbonyl (C=O) groups excluding carboxylic acids is 1. The second-order valence-corrected chi connectivity index (χ2v) is 3.94. The molecule has 0 saturated heterocycles. The minimum absolute atomic E-state index is 0.0703. The predicted octanol–water partition coefficient (Wildman–Crippen LogP) is 1.86. The Morgan fingerprint density at radius 3 is 2.79 bits per heavy atom. The number of hydrogen-bond acceptors (Lipinski definition) is 4. The molecule has 0 radical (unpaired) electrons. The summed E-state index contributed by atoms with van der Waals surface area (Å²) in [5.41, 5.74) is -0.0625. The number of aromatic carboxylic acids is 1. The van der Waals surface area contributed by atoms with Crippen molar-refractivity contribution >= 4 is 11.9 Å². The molecule has 0 spiro atoms. The summed E-state index contributed by atoms with van der Waals surface area (Å²) in [5.74, 6) is -1.08. The second kappa shape index (κ2) is 5.34. The van der Waals surface area contributed by atoms with Gasteiger partial charge in [-0.2, -0.15) is 0 Å². The van der Waals surface area contributed by atoms with Gasteiger partial charge in [0.2, 0.25) is 0 Å². The van der Waals surface area contributed by atoms with Crippen molar-refractivity contribution in [1.82, 2.24) is 10.3 Å². The molecule has 6 nitrogen and oxygen atoms in total. The molecule has 0 bridgehead atoms. The van der Waals surface area contributed by atoms with Crippen LogP contribution in [-0.2, 0) is 0 Å². The molecule has 2 heterocycles. The number of rotatable bonds is 4. The monoisotopic (exact) mass is 260 g/mol. The Morgan fingerprint density at radius 1 is 1.37 bits per heavy atom. The number of amides is 1. The number of pyridine rings is 1. The maximum absolute atomic E-state index is 12.0. The molecule has 2 aromatic rings. The van der Waals surface area contributed by atoms with Crippen LogP contribution in [-0.4, -0.2) is 22.0 Å². The minimum atomic E-state index is -1.19. The second-order valence-electron chi connectivity index (χ2n) is 3.94. The van der Waals surface area contributed by atoms with Crippen molar-refractivity contribution in [1.29, 1.82) is 0 Å². The maximum atomic E-state index is 12.0. The smallest absolute Gasteiger partial charge is 0.338 e. The molecular formula is C13H12N2O4. The molecule has 0 aliphatic carbocycles. The molecule has 1 atom stereocenters. The molecule has 0 fully saturated rings. The van der Waals surface area contributed by atoms with Crippen LogP contribution in [0.1, 0.15) is 39.4 Å². The molecule has 0 saturated carbocycles. The molecule has 2 rings (SSSR count). The molecule has 0 aliphatic rings. The van der Waals surface area contributed by atoms with Crippen molar-refractivity contribution in [2.24, 2.45) is 0 Å². The SMILES string of the molecule is CC(NC(=O)c1ccncc1C(=O)O)c1ccco1. The molecule has 0 aromatic carbocycles. The molecule has 1 amide bonds. The van der Waals surface area contributed by atoms with Crippen LogP contribution < -0.4 is 5.32 Å². The summed E-state index contributed by atoms with van der Waals surface area (Å²) in [6, 6.07) is 4.47. The van der Waals surface area contributed by atoms with E-state index in [2.05, 4.69) is 10.3 Å².